The highest BCUT2D eigenvalue weighted by atomic mass is 35.5. The molecule has 1 aromatic heterocycles. The number of nitrogens with zero attached hydrogens (tertiary/aromatic N) is 2. The van der Waals surface area contributed by atoms with Crippen molar-refractivity contribution in [2.75, 3.05) is 0 Å². The maximum atomic E-state index is 12.8. The van der Waals surface area contributed by atoms with Gasteiger partial charge in [0.15, 0.2) is 5.16 Å². The molecule has 1 heterocycles. The van der Waals surface area contributed by atoms with E-state index in [1.165, 1.54) is 30.2 Å². The number of aromatic nitrogens is 2. The molecule has 3 rings (SSSR count). The van der Waals surface area contributed by atoms with Crippen molar-refractivity contribution in [1.29, 1.82) is 0 Å². The lowest BCUT2D eigenvalue weighted by molar-refractivity contribution is -0.137. The van der Waals surface area contributed by atoms with Gasteiger partial charge in [0.2, 0.25) is 0 Å². The molecule has 2 nitrogen and oxygen atoms in total. The summed E-state index contributed by atoms with van der Waals surface area (Å²) in [6, 6.07) is 12.6. The van der Waals surface area contributed by atoms with Crippen LogP contribution in [0.25, 0.3) is 11.1 Å². The molecule has 128 valence electrons. The highest BCUT2D eigenvalue weighted by Crippen LogP contribution is 2.32. The quantitative estimate of drug-likeness (QED) is 0.403. The van der Waals surface area contributed by atoms with Crippen molar-refractivity contribution in [3.05, 3.63) is 77.1 Å². The van der Waals surface area contributed by atoms with E-state index < -0.39 is 11.7 Å². The number of benzene rings is 2. The summed E-state index contributed by atoms with van der Waals surface area (Å²) in [6.07, 6.45) is -1.31. The van der Waals surface area contributed by atoms with Crippen LogP contribution < -0.4 is 0 Å². The van der Waals surface area contributed by atoms with Gasteiger partial charge >= 0.3 is 6.18 Å². The molecular weight excluding hydrogens is 369 g/mol. The molecule has 7 heteroatoms. The first-order chi connectivity index (χ1) is 11.9. The minimum atomic E-state index is -4.37. The number of hydrogen-bond donors (Lipinski definition) is 0. The lowest BCUT2D eigenvalue weighted by Gasteiger charge is -2.08. The molecule has 0 bridgehead atoms. The number of hydrogen-bond acceptors (Lipinski definition) is 3. The topological polar surface area (TPSA) is 25.8 Å². The zero-order valence-corrected chi connectivity index (χ0v) is 14.4. The Balaban J connectivity index is 1.72. The number of halogens is 4. The van der Waals surface area contributed by atoms with Gasteiger partial charge in [0.05, 0.1) is 5.56 Å². The molecule has 0 unspecified atom stereocenters. The fourth-order valence-corrected chi connectivity index (χ4v) is 3.13. The molecule has 2 aromatic carbocycles. The van der Waals surface area contributed by atoms with E-state index in [-0.39, 0.29) is 0 Å². The Morgan fingerprint density at radius 2 is 1.64 bits per heavy atom. The first-order valence-corrected chi connectivity index (χ1v) is 8.65. The molecule has 0 saturated carbocycles. The molecular formula is C18H12ClF3N2S. The second-order valence-corrected chi connectivity index (χ2v) is 6.63. The SMILES string of the molecule is FC(F)(F)c1cccc(-c2cnc(SCc3cccc(Cl)c3)nc2)c1. The molecule has 0 aliphatic heterocycles. The lowest BCUT2D eigenvalue weighted by atomic mass is 10.1. The van der Waals surface area contributed by atoms with Gasteiger partial charge in [0, 0.05) is 28.7 Å². The van der Waals surface area contributed by atoms with Crippen molar-refractivity contribution in [2.45, 2.75) is 17.1 Å². The third-order valence-electron chi connectivity index (χ3n) is 3.41. The summed E-state index contributed by atoms with van der Waals surface area (Å²) in [5.74, 6) is 0.656. The molecule has 0 saturated heterocycles. The van der Waals surface area contributed by atoms with E-state index in [2.05, 4.69) is 9.97 Å². The van der Waals surface area contributed by atoms with Crippen LogP contribution in [-0.4, -0.2) is 9.97 Å². The number of rotatable bonds is 4. The molecule has 0 atom stereocenters. The average molecular weight is 381 g/mol. The molecule has 0 spiro atoms. The summed E-state index contributed by atoms with van der Waals surface area (Å²) in [5, 5.41) is 1.22. The first-order valence-electron chi connectivity index (χ1n) is 7.29. The van der Waals surface area contributed by atoms with Gasteiger partial charge < -0.3 is 0 Å². The van der Waals surface area contributed by atoms with Gasteiger partial charge in [0.25, 0.3) is 0 Å². The molecule has 0 N–H and O–H groups in total. The summed E-state index contributed by atoms with van der Waals surface area (Å²) in [5.41, 5.74) is 1.33. The van der Waals surface area contributed by atoms with Crippen LogP contribution in [0.1, 0.15) is 11.1 Å². The zero-order chi connectivity index (χ0) is 17.9. The molecule has 0 amide bonds. The van der Waals surface area contributed by atoms with Crippen LogP contribution in [0.2, 0.25) is 5.02 Å². The predicted octanol–water partition coefficient (Wildman–Crippen LogP) is 6.11. The van der Waals surface area contributed by atoms with Gasteiger partial charge in [-0.2, -0.15) is 13.2 Å². The smallest absolute Gasteiger partial charge is 0.230 e. The lowest BCUT2D eigenvalue weighted by Crippen LogP contribution is -2.04. The van der Waals surface area contributed by atoms with E-state index in [4.69, 9.17) is 11.6 Å². The normalized spacial score (nSPS) is 11.5. The Bertz CT molecular complexity index is 867. The van der Waals surface area contributed by atoms with Gasteiger partial charge in [-0.15, -0.1) is 0 Å². The van der Waals surface area contributed by atoms with Crippen molar-refractivity contribution < 1.29 is 13.2 Å². The third-order valence-corrected chi connectivity index (χ3v) is 4.59. The second-order valence-electron chi connectivity index (χ2n) is 5.25. The van der Waals surface area contributed by atoms with Gasteiger partial charge in [-0.05, 0) is 35.4 Å². The fourth-order valence-electron chi connectivity index (χ4n) is 2.19. The Labute approximate surface area is 152 Å². The van der Waals surface area contributed by atoms with E-state index in [1.807, 2.05) is 18.2 Å². The Morgan fingerprint density at radius 1 is 0.920 bits per heavy atom. The van der Waals surface area contributed by atoms with Gasteiger partial charge in [-0.25, -0.2) is 9.97 Å². The van der Waals surface area contributed by atoms with Crippen molar-refractivity contribution in [3.8, 4) is 11.1 Å². The van der Waals surface area contributed by atoms with Crippen LogP contribution in [0.4, 0.5) is 13.2 Å². The van der Waals surface area contributed by atoms with E-state index >= 15 is 0 Å². The summed E-state index contributed by atoms with van der Waals surface area (Å²) < 4.78 is 38.4. The van der Waals surface area contributed by atoms with Crippen molar-refractivity contribution in [1.82, 2.24) is 9.97 Å². The number of alkyl halides is 3. The average Bonchev–Trinajstić information content (AvgIpc) is 2.60. The van der Waals surface area contributed by atoms with Crippen molar-refractivity contribution in [2.24, 2.45) is 0 Å². The summed E-state index contributed by atoms with van der Waals surface area (Å²) in [4.78, 5) is 8.44. The molecule has 0 aliphatic carbocycles. The minimum absolute atomic E-state index is 0.432. The zero-order valence-electron chi connectivity index (χ0n) is 12.8. The van der Waals surface area contributed by atoms with E-state index in [1.54, 1.807) is 12.1 Å². The van der Waals surface area contributed by atoms with Gasteiger partial charge in [-0.3, -0.25) is 0 Å². The maximum Gasteiger partial charge on any atom is 0.416 e. The van der Waals surface area contributed by atoms with Crippen LogP contribution >= 0.6 is 23.4 Å². The van der Waals surface area contributed by atoms with Crippen LogP contribution in [0, 0.1) is 0 Å². The molecule has 25 heavy (non-hydrogen) atoms. The van der Waals surface area contributed by atoms with Crippen LogP contribution in [0.3, 0.4) is 0 Å². The second kappa shape index (κ2) is 7.45. The molecule has 0 radical (unpaired) electrons. The Morgan fingerprint density at radius 3 is 2.32 bits per heavy atom. The number of thioether (sulfide) groups is 1. The summed E-state index contributed by atoms with van der Waals surface area (Å²) >= 11 is 7.37. The van der Waals surface area contributed by atoms with Crippen molar-refractivity contribution >= 4 is 23.4 Å². The van der Waals surface area contributed by atoms with Crippen LogP contribution in [-0.2, 0) is 11.9 Å². The monoisotopic (exact) mass is 380 g/mol. The highest BCUT2D eigenvalue weighted by Gasteiger charge is 2.30. The van der Waals surface area contributed by atoms with Crippen LogP contribution in [0.5, 0.6) is 0 Å². The van der Waals surface area contributed by atoms with E-state index in [0.29, 0.717) is 27.1 Å². The predicted molar refractivity (Wildman–Crippen MR) is 93.5 cm³/mol. The van der Waals surface area contributed by atoms with Crippen LogP contribution in [0.15, 0.2) is 66.1 Å². The third kappa shape index (κ3) is 4.74. The van der Waals surface area contributed by atoms with E-state index in [9.17, 15) is 13.2 Å². The summed E-state index contributed by atoms with van der Waals surface area (Å²) in [7, 11) is 0. The maximum absolute atomic E-state index is 12.8. The Kier molecular flexibility index (Phi) is 5.30. The highest BCUT2D eigenvalue weighted by molar-refractivity contribution is 7.98. The van der Waals surface area contributed by atoms with Gasteiger partial charge in [-0.1, -0.05) is 47.6 Å². The largest absolute Gasteiger partial charge is 0.416 e. The minimum Gasteiger partial charge on any atom is -0.230 e. The molecule has 0 fully saturated rings. The first kappa shape index (κ1) is 17.8. The molecule has 3 aromatic rings. The fraction of sp³-hybridized carbons (Fsp3) is 0.111. The Hall–Kier alpha value is -2.05. The van der Waals surface area contributed by atoms with Crippen molar-refractivity contribution in [3.63, 3.8) is 0 Å². The van der Waals surface area contributed by atoms with E-state index in [0.717, 1.165) is 17.7 Å². The van der Waals surface area contributed by atoms with Gasteiger partial charge in [0.1, 0.15) is 0 Å². The summed E-state index contributed by atoms with van der Waals surface area (Å²) in [6.45, 7) is 0. The standard InChI is InChI=1S/C18H12ClF3N2S/c19-16-6-1-3-12(7-16)11-25-17-23-9-14(10-24-17)13-4-2-5-15(8-13)18(20,21)22/h1-10H,11H2. The molecule has 0 aliphatic rings.